The number of carboxylic acids is 1. The molecule has 0 aliphatic rings. The molecule has 0 saturated heterocycles. The summed E-state index contributed by atoms with van der Waals surface area (Å²) in [7, 11) is 0. The number of carboxylic acid groups (broad SMARTS) is 1. The van der Waals surface area contributed by atoms with Gasteiger partial charge in [-0.05, 0) is 23.3 Å². The van der Waals surface area contributed by atoms with E-state index in [1.165, 1.54) is 12.1 Å². The maximum absolute atomic E-state index is 10.8. The Kier molecular flexibility index (Phi) is 4.92. The number of rotatable bonds is 6. The SMILES string of the molecule is O=C(O)C(O)c1ccc(OCc2ccccc2)c(CO)c1. The highest BCUT2D eigenvalue weighted by Crippen LogP contribution is 2.24. The van der Waals surface area contributed by atoms with Crippen LogP contribution < -0.4 is 4.74 Å². The molecule has 3 N–H and O–H groups in total. The van der Waals surface area contributed by atoms with E-state index in [-0.39, 0.29) is 12.2 Å². The van der Waals surface area contributed by atoms with Crippen LogP contribution in [0.3, 0.4) is 0 Å². The summed E-state index contributed by atoms with van der Waals surface area (Å²) in [6, 6.07) is 14.0. The van der Waals surface area contributed by atoms with Crippen LogP contribution in [0.15, 0.2) is 48.5 Å². The molecular weight excluding hydrogens is 272 g/mol. The van der Waals surface area contributed by atoms with E-state index in [0.717, 1.165) is 5.56 Å². The minimum Gasteiger partial charge on any atom is -0.489 e. The lowest BCUT2D eigenvalue weighted by Gasteiger charge is -2.13. The van der Waals surface area contributed by atoms with E-state index < -0.39 is 12.1 Å². The minimum absolute atomic E-state index is 0.207. The van der Waals surface area contributed by atoms with Crippen LogP contribution in [0.1, 0.15) is 22.8 Å². The van der Waals surface area contributed by atoms with Crippen molar-refractivity contribution in [2.75, 3.05) is 0 Å². The van der Waals surface area contributed by atoms with Gasteiger partial charge < -0.3 is 20.1 Å². The Morgan fingerprint density at radius 2 is 1.86 bits per heavy atom. The van der Waals surface area contributed by atoms with Crippen LogP contribution in [0.25, 0.3) is 0 Å². The van der Waals surface area contributed by atoms with Gasteiger partial charge in [0.05, 0.1) is 6.61 Å². The topological polar surface area (TPSA) is 87.0 Å². The van der Waals surface area contributed by atoms with Gasteiger partial charge in [-0.1, -0.05) is 36.4 Å². The third-order valence-electron chi connectivity index (χ3n) is 3.04. The van der Waals surface area contributed by atoms with Crippen molar-refractivity contribution in [2.45, 2.75) is 19.3 Å². The second kappa shape index (κ2) is 6.88. The fourth-order valence-corrected chi connectivity index (χ4v) is 1.91. The van der Waals surface area contributed by atoms with E-state index in [4.69, 9.17) is 9.84 Å². The molecule has 2 rings (SSSR count). The fourth-order valence-electron chi connectivity index (χ4n) is 1.91. The van der Waals surface area contributed by atoms with Gasteiger partial charge in [0, 0.05) is 5.56 Å². The van der Waals surface area contributed by atoms with Crippen molar-refractivity contribution < 1.29 is 24.9 Å². The van der Waals surface area contributed by atoms with Crippen LogP contribution in [0, 0.1) is 0 Å². The van der Waals surface area contributed by atoms with Crippen LogP contribution in [0.5, 0.6) is 5.75 Å². The molecule has 2 aromatic carbocycles. The highest BCUT2D eigenvalue weighted by atomic mass is 16.5. The molecule has 0 heterocycles. The lowest BCUT2D eigenvalue weighted by atomic mass is 10.1. The van der Waals surface area contributed by atoms with Crippen molar-refractivity contribution in [2.24, 2.45) is 0 Å². The minimum atomic E-state index is -1.61. The number of hydrogen-bond donors (Lipinski definition) is 3. The monoisotopic (exact) mass is 288 g/mol. The summed E-state index contributed by atoms with van der Waals surface area (Å²) >= 11 is 0. The van der Waals surface area contributed by atoms with Crippen LogP contribution in [-0.4, -0.2) is 21.3 Å². The number of benzene rings is 2. The smallest absolute Gasteiger partial charge is 0.337 e. The summed E-state index contributed by atoms with van der Waals surface area (Å²) in [6.07, 6.45) is -1.61. The van der Waals surface area contributed by atoms with Gasteiger partial charge in [-0.2, -0.15) is 0 Å². The standard InChI is InChI=1S/C16H16O5/c17-9-13-8-12(15(18)16(19)20)6-7-14(13)21-10-11-4-2-1-3-5-11/h1-8,15,17-18H,9-10H2,(H,19,20). The lowest BCUT2D eigenvalue weighted by molar-refractivity contribution is -0.146. The molecule has 0 aromatic heterocycles. The molecule has 0 aliphatic heterocycles. The molecule has 0 amide bonds. The molecule has 0 spiro atoms. The molecule has 2 aromatic rings. The molecule has 1 unspecified atom stereocenters. The Bertz CT molecular complexity index is 609. The molecule has 1 atom stereocenters. The largest absolute Gasteiger partial charge is 0.489 e. The van der Waals surface area contributed by atoms with Gasteiger partial charge in [0.2, 0.25) is 0 Å². The first-order chi connectivity index (χ1) is 10.1. The fraction of sp³-hybridized carbons (Fsp3) is 0.188. The summed E-state index contributed by atoms with van der Waals surface area (Å²) in [5, 5.41) is 27.6. The van der Waals surface area contributed by atoms with E-state index in [2.05, 4.69) is 0 Å². The van der Waals surface area contributed by atoms with Crippen LogP contribution in [-0.2, 0) is 18.0 Å². The van der Waals surface area contributed by atoms with E-state index in [9.17, 15) is 15.0 Å². The van der Waals surface area contributed by atoms with E-state index in [0.29, 0.717) is 17.9 Å². The predicted molar refractivity (Wildman–Crippen MR) is 75.7 cm³/mol. The van der Waals surface area contributed by atoms with Gasteiger partial charge in [0.15, 0.2) is 6.10 Å². The second-order valence-corrected chi connectivity index (χ2v) is 4.54. The first-order valence-corrected chi connectivity index (χ1v) is 6.43. The average Bonchev–Trinajstić information content (AvgIpc) is 2.53. The first kappa shape index (κ1) is 15.0. The molecule has 0 bridgehead atoms. The van der Waals surface area contributed by atoms with Crippen molar-refractivity contribution in [1.29, 1.82) is 0 Å². The number of carbonyl (C=O) groups is 1. The summed E-state index contributed by atoms with van der Waals surface area (Å²) in [5.41, 5.74) is 1.62. The van der Waals surface area contributed by atoms with Crippen molar-refractivity contribution in [3.05, 3.63) is 65.2 Å². The van der Waals surface area contributed by atoms with Crippen LogP contribution >= 0.6 is 0 Å². The third-order valence-corrected chi connectivity index (χ3v) is 3.04. The molecule has 110 valence electrons. The number of aliphatic hydroxyl groups is 2. The van der Waals surface area contributed by atoms with Gasteiger partial charge >= 0.3 is 5.97 Å². The first-order valence-electron chi connectivity index (χ1n) is 6.43. The van der Waals surface area contributed by atoms with Crippen molar-refractivity contribution >= 4 is 5.97 Å². The Balaban J connectivity index is 2.15. The number of aliphatic carboxylic acids is 1. The van der Waals surface area contributed by atoms with Crippen molar-refractivity contribution in [3.8, 4) is 5.75 Å². The third kappa shape index (κ3) is 3.81. The normalized spacial score (nSPS) is 11.9. The van der Waals surface area contributed by atoms with Gasteiger partial charge in [0.25, 0.3) is 0 Å². The molecular formula is C16H16O5. The van der Waals surface area contributed by atoms with E-state index >= 15 is 0 Å². The van der Waals surface area contributed by atoms with Gasteiger partial charge in [0.1, 0.15) is 12.4 Å². The summed E-state index contributed by atoms with van der Waals surface area (Å²) in [5.74, 6) is -0.875. The Morgan fingerprint density at radius 3 is 2.48 bits per heavy atom. The number of hydrogen-bond acceptors (Lipinski definition) is 4. The highest BCUT2D eigenvalue weighted by Gasteiger charge is 2.17. The molecule has 0 saturated carbocycles. The Labute approximate surface area is 122 Å². The maximum Gasteiger partial charge on any atom is 0.337 e. The zero-order valence-corrected chi connectivity index (χ0v) is 11.3. The molecule has 21 heavy (non-hydrogen) atoms. The average molecular weight is 288 g/mol. The number of aliphatic hydroxyl groups excluding tert-OH is 2. The highest BCUT2D eigenvalue weighted by molar-refractivity contribution is 5.74. The van der Waals surface area contributed by atoms with Crippen molar-refractivity contribution in [3.63, 3.8) is 0 Å². The molecule has 0 aliphatic carbocycles. The molecule has 0 fully saturated rings. The van der Waals surface area contributed by atoms with Crippen LogP contribution in [0.2, 0.25) is 0 Å². The van der Waals surface area contributed by atoms with Crippen LogP contribution in [0.4, 0.5) is 0 Å². The van der Waals surface area contributed by atoms with E-state index in [1.54, 1.807) is 6.07 Å². The summed E-state index contributed by atoms with van der Waals surface area (Å²) < 4.78 is 5.62. The number of ether oxygens (including phenoxy) is 1. The molecule has 5 nitrogen and oxygen atoms in total. The summed E-state index contributed by atoms with van der Waals surface area (Å²) in [6.45, 7) is 0.0406. The zero-order valence-electron chi connectivity index (χ0n) is 11.3. The summed E-state index contributed by atoms with van der Waals surface area (Å²) in [4.78, 5) is 10.8. The zero-order chi connectivity index (χ0) is 15.2. The molecule has 5 heteroatoms. The Morgan fingerprint density at radius 1 is 1.14 bits per heavy atom. The second-order valence-electron chi connectivity index (χ2n) is 4.54. The lowest BCUT2D eigenvalue weighted by Crippen LogP contribution is -2.11. The van der Waals surface area contributed by atoms with Gasteiger partial charge in [-0.25, -0.2) is 4.79 Å². The van der Waals surface area contributed by atoms with Gasteiger partial charge in [-0.3, -0.25) is 0 Å². The van der Waals surface area contributed by atoms with Crippen molar-refractivity contribution in [1.82, 2.24) is 0 Å². The molecule has 0 radical (unpaired) electrons. The quantitative estimate of drug-likeness (QED) is 0.755. The predicted octanol–water partition coefficient (Wildman–Crippen LogP) is 1.88. The Hall–Kier alpha value is -2.37. The maximum atomic E-state index is 10.8. The van der Waals surface area contributed by atoms with Gasteiger partial charge in [-0.15, -0.1) is 0 Å². The van der Waals surface area contributed by atoms with E-state index in [1.807, 2.05) is 30.3 Å².